The van der Waals surface area contributed by atoms with Gasteiger partial charge in [0.1, 0.15) is 0 Å². The molecule has 4 rings (SSSR count). The first-order chi connectivity index (χ1) is 9.04. The maximum absolute atomic E-state index is 6.66. The Morgan fingerprint density at radius 1 is 1.05 bits per heavy atom. The van der Waals surface area contributed by atoms with Crippen molar-refractivity contribution in [3.8, 4) is 0 Å². The van der Waals surface area contributed by atoms with Crippen LogP contribution in [-0.2, 0) is 4.74 Å². The maximum atomic E-state index is 6.66. The van der Waals surface area contributed by atoms with Crippen molar-refractivity contribution in [2.75, 3.05) is 13.1 Å². The van der Waals surface area contributed by atoms with Crippen LogP contribution in [0.1, 0.15) is 59.3 Å². The Bertz CT molecular complexity index is 373. The number of rotatable bonds is 1. The highest BCUT2D eigenvalue weighted by Crippen LogP contribution is 2.70. The second-order valence-electron chi connectivity index (χ2n) is 8.45. The molecule has 2 saturated heterocycles. The zero-order valence-electron chi connectivity index (χ0n) is 12.9. The summed E-state index contributed by atoms with van der Waals surface area (Å²) in [6.07, 6.45) is 9.57. The Hall–Kier alpha value is -0.0800. The number of nitrogens with one attached hydrogen (secondary N) is 1. The van der Waals surface area contributed by atoms with Crippen LogP contribution in [0.25, 0.3) is 0 Å². The molecule has 2 aliphatic heterocycles. The molecule has 5 atom stereocenters. The molecule has 2 aliphatic carbocycles. The number of quaternary nitrogens is 1. The largest absolute Gasteiger partial charge is 0.325 e. The van der Waals surface area contributed by atoms with Crippen molar-refractivity contribution in [2.24, 2.45) is 22.7 Å². The third kappa shape index (κ3) is 1.51. The third-order valence-electron chi connectivity index (χ3n) is 7.66. The van der Waals surface area contributed by atoms with E-state index in [4.69, 9.17) is 4.74 Å². The van der Waals surface area contributed by atoms with Gasteiger partial charge in [0.25, 0.3) is 0 Å². The van der Waals surface area contributed by atoms with E-state index in [0.717, 1.165) is 11.8 Å². The quantitative estimate of drug-likeness (QED) is 0.767. The first-order valence-electron chi connectivity index (χ1n) is 8.54. The summed E-state index contributed by atoms with van der Waals surface area (Å²) < 4.78 is 6.66. The Balaban J connectivity index is 1.55. The second-order valence-corrected chi connectivity index (χ2v) is 8.45. The molecule has 2 heteroatoms. The molecule has 0 radical (unpaired) electrons. The van der Waals surface area contributed by atoms with Gasteiger partial charge in [0.2, 0.25) is 0 Å². The SMILES string of the molecule is CC1(C)[C@@H]2CC[C@@]1(C)[C@H]1O[C@H]([NH+]3CCCCC3)C[C@@H]21. The van der Waals surface area contributed by atoms with E-state index in [1.54, 1.807) is 4.90 Å². The first kappa shape index (κ1) is 12.6. The summed E-state index contributed by atoms with van der Waals surface area (Å²) in [4.78, 5) is 1.77. The predicted molar refractivity (Wildman–Crippen MR) is 75.9 cm³/mol. The van der Waals surface area contributed by atoms with Gasteiger partial charge in [0.05, 0.1) is 19.2 Å². The number of likely N-dealkylation sites (tertiary alicyclic amines) is 1. The van der Waals surface area contributed by atoms with Gasteiger partial charge in [-0.2, -0.15) is 0 Å². The number of ether oxygens (including phenoxy) is 1. The minimum absolute atomic E-state index is 0.451. The number of hydrogen-bond donors (Lipinski definition) is 1. The molecule has 4 aliphatic rings. The van der Waals surface area contributed by atoms with E-state index < -0.39 is 0 Å². The van der Waals surface area contributed by atoms with Gasteiger partial charge in [0, 0.05) is 6.42 Å². The van der Waals surface area contributed by atoms with Gasteiger partial charge < -0.3 is 9.64 Å². The summed E-state index contributed by atoms with van der Waals surface area (Å²) in [5.74, 6) is 1.80. The Morgan fingerprint density at radius 2 is 1.79 bits per heavy atom. The van der Waals surface area contributed by atoms with Crippen molar-refractivity contribution >= 4 is 0 Å². The lowest BCUT2D eigenvalue weighted by atomic mass is 9.70. The molecule has 2 saturated carbocycles. The average molecular weight is 264 g/mol. The highest BCUT2D eigenvalue weighted by molar-refractivity contribution is 5.16. The van der Waals surface area contributed by atoms with E-state index in [-0.39, 0.29) is 0 Å². The van der Waals surface area contributed by atoms with Gasteiger partial charge in [0.15, 0.2) is 6.23 Å². The number of piperidine rings is 1. The Kier molecular flexibility index (Phi) is 2.65. The van der Waals surface area contributed by atoms with Crippen molar-refractivity contribution in [1.29, 1.82) is 0 Å². The Morgan fingerprint density at radius 3 is 2.47 bits per heavy atom. The topological polar surface area (TPSA) is 13.7 Å². The molecule has 0 amide bonds. The number of fused-ring (bicyclic) bond motifs is 5. The van der Waals surface area contributed by atoms with E-state index in [0.29, 0.717) is 23.2 Å². The lowest BCUT2D eigenvalue weighted by molar-refractivity contribution is -0.951. The highest BCUT2D eigenvalue weighted by atomic mass is 16.5. The van der Waals surface area contributed by atoms with Crippen molar-refractivity contribution in [3.05, 3.63) is 0 Å². The van der Waals surface area contributed by atoms with Crippen LogP contribution in [-0.4, -0.2) is 25.4 Å². The van der Waals surface area contributed by atoms with Crippen molar-refractivity contribution < 1.29 is 9.64 Å². The Labute approximate surface area is 117 Å². The molecular formula is C17H30NO+. The van der Waals surface area contributed by atoms with Gasteiger partial charge in [-0.05, 0) is 54.8 Å². The van der Waals surface area contributed by atoms with Gasteiger partial charge in [-0.15, -0.1) is 0 Å². The van der Waals surface area contributed by atoms with Crippen LogP contribution in [0.4, 0.5) is 0 Å². The van der Waals surface area contributed by atoms with Crippen LogP contribution < -0.4 is 4.90 Å². The monoisotopic (exact) mass is 264 g/mol. The molecule has 108 valence electrons. The molecule has 4 fully saturated rings. The summed E-state index contributed by atoms with van der Waals surface area (Å²) >= 11 is 0. The number of hydrogen-bond acceptors (Lipinski definition) is 1. The van der Waals surface area contributed by atoms with E-state index >= 15 is 0 Å². The van der Waals surface area contributed by atoms with Crippen LogP contribution in [0.15, 0.2) is 0 Å². The molecule has 0 aromatic heterocycles. The van der Waals surface area contributed by atoms with Crippen molar-refractivity contribution in [2.45, 2.75) is 71.6 Å². The highest BCUT2D eigenvalue weighted by Gasteiger charge is 2.69. The molecule has 0 aromatic carbocycles. The molecule has 2 heterocycles. The minimum atomic E-state index is 0.451. The lowest BCUT2D eigenvalue weighted by Crippen LogP contribution is -3.16. The fourth-order valence-electron chi connectivity index (χ4n) is 6.11. The van der Waals surface area contributed by atoms with Crippen LogP contribution >= 0.6 is 0 Å². The van der Waals surface area contributed by atoms with Crippen LogP contribution in [0, 0.1) is 22.7 Å². The molecule has 0 unspecified atom stereocenters. The molecular weight excluding hydrogens is 234 g/mol. The normalized spacial score (nSPS) is 52.6. The smallest absolute Gasteiger partial charge is 0.192 e. The van der Waals surface area contributed by atoms with Gasteiger partial charge in [-0.3, -0.25) is 0 Å². The van der Waals surface area contributed by atoms with E-state index in [2.05, 4.69) is 20.8 Å². The fourth-order valence-corrected chi connectivity index (χ4v) is 6.11. The molecule has 0 spiro atoms. The summed E-state index contributed by atoms with van der Waals surface area (Å²) in [5, 5.41) is 0. The van der Waals surface area contributed by atoms with E-state index in [1.807, 2.05) is 0 Å². The van der Waals surface area contributed by atoms with Crippen molar-refractivity contribution in [3.63, 3.8) is 0 Å². The zero-order chi connectivity index (χ0) is 13.3. The first-order valence-corrected chi connectivity index (χ1v) is 8.54. The molecule has 2 nitrogen and oxygen atoms in total. The zero-order valence-corrected chi connectivity index (χ0v) is 12.9. The average Bonchev–Trinajstić information content (AvgIpc) is 2.97. The van der Waals surface area contributed by atoms with Gasteiger partial charge in [-0.1, -0.05) is 20.8 Å². The van der Waals surface area contributed by atoms with Crippen LogP contribution in [0.5, 0.6) is 0 Å². The maximum Gasteiger partial charge on any atom is 0.192 e. The third-order valence-corrected chi connectivity index (χ3v) is 7.66. The fraction of sp³-hybridized carbons (Fsp3) is 1.00. The van der Waals surface area contributed by atoms with Crippen LogP contribution in [0.2, 0.25) is 0 Å². The molecule has 0 aromatic rings. The van der Waals surface area contributed by atoms with Gasteiger partial charge in [-0.25, -0.2) is 0 Å². The molecule has 2 bridgehead atoms. The standard InChI is InChI=1S/C17H29NO/c1-16(2)13-7-8-17(16,3)15-12(13)11-14(19-15)18-9-5-4-6-10-18/h12-15H,4-11H2,1-3H3/p+1/t12-,13+,14-,15-,17-/m0/s1. The summed E-state index contributed by atoms with van der Waals surface area (Å²) in [6.45, 7) is 10.2. The second kappa shape index (κ2) is 3.98. The summed E-state index contributed by atoms with van der Waals surface area (Å²) in [6, 6.07) is 0. The summed E-state index contributed by atoms with van der Waals surface area (Å²) in [7, 11) is 0. The van der Waals surface area contributed by atoms with Crippen molar-refractivity contribution in [1.82, 2.24) is 0 Å². The molecule has 19 heavy (non-hydrogen) atoms. The summed E-state index contributed by atoms with van der Waals surface area (Å²) in [5.41, 5.74) is 0.955. The van der Waals surface area contributed by atoms with Crippen LogP contribution in [0.3, 0.4) is 0 Å². The van der Waals surface area contributed by atoms with E-state index in [9.17, 15) is 0 Å². The van der Waals surface area contributed by atoms with E-state index in [1.165, 1.54) is 51.6 Å². The lowest BCUT2D eigenvalue weighted by Gasteiger charge is -2.39. The van der Waals surface area contributed by atoms with Gasteiger partial charge >= 0.3 is 0 Å². The predicted octanol–water partition coefficient (Wildman–Crippen LogP) is 2.24. The minimum Gasteiger partial charge on any atom is -0.325 e. The molecule has 1 N–H and O–H groups in total.